The Morgan fingerprint density at radius 1 is 1.10 bits per heavy atom. The molecular formula is C21H22N6OS. The molecular weight excluding hydrogens is 384 g/mol. The second-order valence-electron chi connectivity index (χ2n) is 6.86. The average molecular weight is 407 g/mol. The Morgan fingerprint density at radius 3 is 2.69 bits per heavy atom. The number of nitrogens with one attached hydrogen (secondary N) is 2. The molecule has 1 amide bonds. The molecule has 0 radical (unpaired) electrons. The van der Waals surface area contributed by atoms with Crippen LogP contribution in [0.2, 0.25) is 0 Å². The molecule has 4 aromatic rings. The van der Waals surface area contributed by atoms with Gasteiger partial charge in [0.25, 0.3) is 0 Å². The SMILES string of the molecule is Cc1ccc(NC(=O)CSc2nnc(CCc3nc4ccccc4[nH]3)n2C)cc1. The predicted molar refractivity (Wildman–Crippen MR) is 115 cm³/mol. The summed E-state index contributed by atoms with van der Waals surface area (Å²) in [4.78, 5) is 20.1. The molecule has 0 aliphatic rings. The minimum Gasteiger partial charge on any atom is -0.342 e. The molecule has 0 unspecified atom stereocenters. The van der Waals surface area contributed by atoms with E-state index in [2.05, 4.69) is 25.5 Å². The van der Waals surface area contributed by atoms with E-state index in [0.29, 0.717) is 0 Å². The van der Waals surface area contributed by atoms with Crippen LogP contribution in [0, 0.1) is 6.92 Å². The lowest BCUT2D eigenvalue weighted by atomic mass is 10.2. The van der Waals surface area contributed by atoms with E-state index in [1.165, 1.54) is 11.8 Å². The molecule has 8 heteroatoms. The van der Waals surface area contributed by atoms with E-state index in [1.807, 2.05) is 67.1 Å². The number of aromatic nitrogens is 5. The molecule has 0 saturated heterocycles. The monoisotopic (exact) mass is 406 g/mol. The maximum atomic E-state index is 12.2. The van der Waals surface area contributed by atoms with Crippen LogP contribution in [-0.4, -0.2) is 36.4 Å². The Kier molecular flexibility index (Phi) is 5.62. The molecule has 2 aromatic carbocycles. The first-order valence-corrected chi connectivity index (χ1v) is 10.4. The summed E-state index contributed by atoms with van der Waals surface area (Å²) in [5, 5.41) is 12.1. The summed E-state index contributed by atoms with van der Waals surface area (Å²) in [6.45, 7) is 2.02. The number of imidazole rings is 1. The van der Waals surface area contributed by atoms with E-state index < -0.39 is 0 Å². The van der Waals surface area contributed by atoms with Gasteiger partial charge in [-0.05, 0) is 31.2 Å². The summed E-state index contributed by atoms with van der Waals surface area (Å²) in [5.74, 6) is 2.02. The lowest BCUT2D eigenvalue weighted by Crippen LogP contribution is -2.14. The molecule has 0 aliphatic carbocycles. The van der Waals surface area contributed by atoms with E-state index in [-0.39, 0.29) is 11.7 Å². The van der Waals surface area contributed by atoms with Gasteiger partial charge in [-0.3, -0.25) is 4.79 Å². The second-order valence-corrected chi connectivity index (χ2v) is 7.80. The van der Waals surface area contributed by atoms with E-state index in [9.17, 15) is 4.79 Å². The third kappa shape index (κ3) is 4.65. The Labute approximate surface area is 173 Å². The van der Waals surface area contributed by atoms with Crippen LogP contribution in [-0.2, 0) is 24.7 Å². The van der Waals surface area contributed by atoms with Gasteiger partial charge in [0.1, 0.15) is 11.6 Å². The molecule has 0 atom stereocenters. The van der Waals surface area contributed by atoms with Crippen LogP contribution in [0.4, 0.5) is 5.69 Å². The predicted octanol–water partition coefficient (Wildman–Crippen LogP) is 3.52. The van der Waals surface area contributed by atoms with Gasteiger partial charge in [-0.15, -0.1) is 10.2 Å². The fourth-order valence-corrected chi connectivity index (χ4v) is 3.74. The van der Waals surface area contributed by atoms with Crippen LogP contribution in [0.25, 0.3) is 11.0 Å². The molecule has 148 valence electrons. The van der Waals surface area contributed by atoms with Gasteiger partial charge in [-0.25, -0.2) is 4.98 Å². The number of carbonyl (C=O) groups excluding carboxylic acids is 1. The van der Waals surface area contributed by atoms with Crippen molar-refractivity contribution in [1.82, 2.24) is 24.7 Å². The fraction of sp³-hybridized carbons (Fsp3) is 0.238. The number of carbonyl (C=O) groups is 1. The third-order valence-electron chi connectivity index (χ3n) is 4.62. The molecule has 0 fully saturated rings. The van der Waals surface area contributed by atoms with Crippen molar-refractivity contribution in [2.24, 2.45) is 7.05 Å². The molecule has 7 nitrogen and oxygen atoms in total. The number of amides is 1. The molecule has 2 heterocycles. The first kappa shape index (κ1) is 19.2. The van der Waals surface area contributed by atoms with Gasteiger partial charge in [0.05, 0.1) is 16.8 Å². The van der Waals surface area contributed by atoms with E-state index in [4.69, 9.17) is 0 Å². The highest BCUT2D eigenvalue weighted by molar-refractivity contribution is 7.99. The zero-order chi connectivity index (χ0) is 20.2. The number of rotatable bonds is 7. The second kappa shape index (κ2) is 8.48. The highest BCUT2D eigenvalue weighted by Gasteiger charge is 2.12. The maximum absolute atomic E-state index is 12.2. The van der Waals surface area contributed by atoms with Crippen molar-refractivity contribution >= 4 is 34.4 Å². The van der Waals surface area contributed by atoms with Crippen LogP contribution in [0.15, 0.2) is 53.7 Å². The zero-order valence-corrected chi connectivity index (χ0v) is 17.2. The van der Waals surface area contributed by atoms with Gasteiger partial charge in [-0.1, -0.05) is 41.6 Å². The minimum atomic E-state index is -0.0642. The van der Waals surface area contributed by atoms with Crippen LogP contribution in [0.1, 0.15) is 17.2 Å². The Bertz CT molecular complexity index is 1100. The fourth-order valence-electron chi connectivity index (χ4n) is 3.01. The van der Waals surface area contributed by atoms with Gasteiger partial charge < -0.3 is 14.9 Å². The van der Waals surface area contributed by atoms with Gasteiger partial charge in [0.2, 0.25) is 5.91 Å². The number of para-hydroxylation sites is 2. The van der Waals surface area contributed by atoms with Crippen LogP contribution in [0.5, 0.6) is 0 Å². The van der Waals surface area contributed by atoms with Gasteiger partial charge >= 0.3 is 0 Å². The topological polar surface area (TPSA) is 88.5 Å². The van der Waals surface area contributed by atoms with Crippen molar-refractivity contribution in [3.63, 3.8) is 0 Å². The summed E-state index contributed by atoms with van der Waals surface area (Å²) in [6, 6.07) is 15.7. The number of aryl methyl sites for hydroxylation is 3. The lowest BCUT2D eigenvalue weighted by molar-refractivity contribution is -0.113. The first-order valence-electron chi connectivity index (χ1n) is 9.40. The summed E-state index contributed by atoms with van der Waals surface area (Å²) in [5.41, 5.74) is 3.96. The molecule has 2 aromatic heterocycles. The number of hydrogen-bond donors (Lipinski definition) is 2. The molecule has 0 aliphatic heterocycles. The summed E-state index contributed by atoms with van der Waals surface area (Å²) >= 11 is 1.38. The number of thioether (sulfide) groups is 1. The third-order valence-corrected chi connectivity index (χ3v) is 5.64. The first-order chi connectivity index (χ1) is 14.1. The number of benzene rings is 2. The molecule has 0 bridgehead atoms. The zero-order valence-electron chi connectivity index (χ0n) is 16.3. The molecule has 0 spiro atoms. The number of fused-ring (bicyclic) bond motifs is 1. The number of anilines is 1. The molecule has 4 rings (SSSR count). The number of H-pyrrole nitrogens is 1. The standard InChI is InChI=1S/C21H22N6OS/c1-14-7-9-15(10-8-14)22-20(28)13-29-21-26-25-19(27(21)2)12-11-18-23-16-5-3-4-6-17(16)24-18/h3-10H,11-13H2,1-2H3,(H,22,28)(H,23,24). The smallest absolute Gasteiger partial charge is 0.234 e. The lowest BCUT2D eigenvalue weighted by Gasteiger charge is -2.06. The van der Waals surface area contributed by atoms with Crippen LogP contribution >= 0.6 is 11.8 Å². The van der Waals surface area contributed by atoms with E-state index in [1.54, 1.807) is 0 Å². The van der Waals surface area contributed by atoms with Crippen molar-refractivity contribution in [1.29, 1.82) is 0 Å². The van der Waals surface area contributed by atoms with Crippen molar-refractivity contribution < 1.29 is 4.79 Å². The Morgan fingerprint density at radius 2 is 1.90 bits per heavy atom. The summed E-state index contributed by atoms with van der Waals surface area (Å²) < 4.78 is 1.94. The normalized spacial score (nSPS) is 11.1. The maximum Gasteiger partial charge on any atom is 0.234 e. The molecule has 0 saturated carbocycles. The summed E-state index contributed by atoms with van der Waals surface area (Å²) in [6.07, 6.45) is 1.47. The van der Waals surface area contributed by atoms with Gasteiger partial charge in [-0.2, -0.15) is 0 Å². The highest BCUT2D eigenvalue weighted by atomic mass is 32.2. The van der Waals surface area contributed by atoms with Gasteiger partial charge in [0.15, 0.2) is 5.16 Å². The quantitative estimate of drug-likeness (QED) is 0.459. The molecule has 2 N–H and O–H groups in total. The van der Waals surface area contributed by atoms with Crippen molar-refractivity contribution in [2.75, 3.05) is 11.1 Å². The highest BCUT2D eigenvalue weighted by Crippen LogP contribution is 2.18. The molecule has 29 heavy (non-hydrogen) atoms. The van der Waals surface area contributed by atoms with Crippen LogP contribution in [0.3, 0.4) is 0 Å². The Balaban J connectivity index is 1.32. The number of nitrogens with zero attached hydrogens (tertiary/aromatic N) is 4. The van der Waals surface area contributed by atoms with Crippen molar-refractivity contribution in [2.45, 2.75) is 24.9 Å². The van der Waals surface area contributed by atoms with E-state index in [0.717, 1.165) is 51.9 Å². The average Bonchev–Trinajstić information content (AvgIpc) is 3.29. The van der Waals surface area contributed by atoms with Crippen LogP contribution < -0.4 is 5.32 Å². The van der Waals surface area contributed by atoms with E-state index >= 15 is 0 Å². The summed E-state index contributed by atoms with van der Waals surface area (Å²) in [7, 11) is 1.92. The minimum absolute atomic E-state index is 0.0642. The largest absolute Gasteiger partial charge is 0.342 e. The van der Waals surface area contributed by atoms with Crippen molar-refractivity contribution in [3.8, 4) is 0 Å². The number of aromatic amines is 1. The van der Waals surface area contributed by atoms with Crippen molar-refractivity contribution in [3.05, 3.63) is 65.7 Å². The number of hydrogen-bond acceptors (Lipinski definition) is 5. The van der Waals surface area contributed by atoms with Gasteiger partial charge in [0, 0.05) is 25.6 Å². The Hall–Kier alpha value is -3.13.